The number of hydrogen-bond donors (Lipinski definition) is 0. The molecular weight excluding hydrogens is 368 g/mol. The van der Waals surface area contributed by atoms with E-state index in [-0.39, 0.29) is 0 Å². The zero-order valence-corrected chi connectivity index (χ0v) is 18.6. The molecule has 0 fully saturated rings. The van der Waals surface area contributed by atoms with E-state index < -0.39 is 0 Å². The van der Waals surface area contributed by atoms with Crippen molar-refractivity contribution in [3.05, 3.63) is 49.0 Å². The number of rotatable bonds is 22. The van der Waals surface area contributed by atoms with E-state index in [0.717, 1.165) is 12.8 Å². The topological polar surface area (TPSA) is 46.2 Å². The second kappa shape index (κ2) is 26.4. The largest absolute Gasteiger partial charge is 0.499 e. The molecule has 0 saturated carbocycles. The second-order valence-corrected chi connectivity index (χ2v) is 6.38. The molecule has 5 nitrogen and oxygen atoms in total. The molecule has 0 rings (SSSR count). The van der Waals surface area contributed by atoms with Crippen LogP contribution in [0.2, 0.25) is 0 Å². The average molecular weight is 411 g/mol. The van der Waals surface area contributed by atoms with Gasteiger partial charge in [0.05, 0.1) is 52.2 Å². The van der Waals surface area contributed by atoms with Gasteiger partial charge in [0, 0.05) is 0 Å². The summed E-state index contributed by atoms with van der Waals surface area (Å²) in [7, 11) is 0. The summed E-state index contributed by atoms with van der Waals surface area (Å²) in [5.74, 6) is 0. The Kier molecular flexibility index (Phi) is 25.0. The van der Waals surface area contributed by atoms with E-state index in [1.807, 2.05) is 24.3 Å². The summed E-state index contributed by atoms with van der Waals surface area (Å²) in [5.41, 5.74) is 0. The van der Waals surface area contributed by atoms with E-state index in [4.69, 9.17) is 23.7 Å². The maximum absolute atomic E-state index is 5.44. The van der Waals surface area contributed by atoms with Crippen molar-refractivity contribution >= 4 is 0 Å². The summed E-state index contributed by atoms with van der Waals surface area (Å²) in [5, 5.41) is 0. The molecule has 0 amide bonds. The number of allylic oxidation sites excluding steroid dienone is 6. The lowest BCUT2D eigenvalue weighted by molar-refractivity contribution is 0.000454. The SMILES string of the molecule is CCCCC=CC=COCCOCCOCCOCCOC=CC=CCCCC. The predicted molar refractivity (Wildman–Crippen MR) is 120 cm³/mol. The zero-order chi connectivity index (χ0) is 21.1. The van der Waals surface area contributed by atoms with Crippen LogP contribution in [-0.4, -0.2) is 52.9 Å². The third kappa shape index (κ3) is 26.4. The molecule has 0 bridgehead atoms. The number of ether oxygens (including phenoxy) is 5. The lowest BCUT2D eigenvalue weighted by Gasteiger charge is -2.06. The highest BCUT2D eigenvalue weighted by Gasteiger charge is 1.92. The summed E-state index contributed by atoms with van der Waals surface area (Å²) in [4.78, 5) is 0. The van der Waals surface area contributed by atoms with Gasteiger partial charge in [-0.3, -0.25) is 0 Å². The molecule has 0 aromatic heterocycles. The molecule has 0 radical (unpaired) electrons. The summed E-state index contributed by atoms with van der Waals surface area (Å²) in [6.45, 7) is 8.83. The van der Waals surface area contributed by atoms with Crippen LogP contribution in [0.25, 0.3) is 0 Å². The smallest absolute Gasteiger partial charge is 0.111 e. The summed E-state index contributed by atoms with van der Waals surface area (Å²) < 4.78 is 27.0. The molecular formula is C24H42O5. The molecule has 0 heterocycles. The lowest BCUT2D eigenvalue weighted by Crippen LogP contribution is -2.12. The number of hydrogen-bond acceptors (Lipinski definition) is 5. The Bertz CT molecular complexity index is 377. The molecule has 29 heavy (non-hydrogen) atoms. The van der Waals surface area contributed by atoms with Crippen molar-refractivity contribution in [1.82, 2.24) is 0 Å². The van der Waals surface area contributed by atoms with Crippen LogP contribution in [0, 0.1) is 0 Å². The van der Waals surface area contributed by atoms with Crippen molar-refractivity contribution in [2.75, 3.05) is 52.9 Å². The summed E-state index contributed by atoms with van der Waals surface area (Å²) in [6, 6.07) is 0. The van der Waals surface area contributed by atoms with Crippen LogP contribution in [0.3, 0.4) is 0 Å². The maximum Gasteiger partial charge on any atom is 0.111 e. The molecule has 0 atom stereocenters. The van der Waals surface area contributed by atoms with Crippen molar-refractivity contribution < 1.29 is 23.7 Å². The Labute approximate surface area is 178 Å². The Morgan fingerprint density at radius 3 is 1.24 bits per heavy atom. The second-order valence-electron chi connectivity index (χ2n) is 6.38. The van der Waals surface area contributed by atoms with Crippen LogP contribution < -0.4 is 0 Å². The average Bonchev–Trinajstić information content (AvgIpc) is 2.74. The third-order valence-electron chi connectivity index (χ3n) is 3.73. The standard InChI is InChI=1S/C24H42O5/c1-3-5-7-9-11-13-15-25-17-19-27-21-23-29-24-22-28-20-18-26-16-14-12-10-8-6-4-2/h9-16H,3-8,17-24H2,1-2H3. The van der Waals surface area contributed by atoms with Crippen LogP contribution in [0.15, 0.2) is 49.0 Å². The van der Waals surface area contributed by atoms with Crippen molar-refractivity contribution in [1.29, 1.82) is 0 Å². The zero-order valence-electron chi connectivity index (χ0n) is 18.6. The fourth-order valence-corrected chi connectivity index (χ4v) is 2.09. The molecule has 0 spiro atoms. The Morgan fingerprint density at radius 1 is 0.483 bits per heavy atom. The van der Waals surface area contributed by atoms with Gasteiger partial charge in [0.2, 0.25) is 0 Å². The van der Waals surface area contributed by atoms with Crippen LogP contribution in [0.5, 0.6) is 0 Å². The molecule has 0 aromatic carbocycles. The molecule has 168 valence electrons. The highest BCUT2D eigenvalue weighted by Crippen LogP contribution is 1.95. The minimum Gasteiger partial charge on any atom is -0.499 e. The van der Waals surface area contributed by atoms with Crippen molar-refractivity contribution in [2.24, 2.45) is 0 Å². The molecule has 5 heteroatoms. The van der Waals surface area contributed by atoms with Gasteiger partial charge in [0.1, 0.15) is 13.2 Å². The van der Waals surface area contributed by atoms with E-state index in [1.165, 1.54) is 25.7 Å². The van der Waals surface area contributed by atoms with Gasteiger partial charge in [-0.15, -0.1) is 0 Å². The van der Waals surface area contributed by atoms with Gasteiger partial charge in [-0.1, -0.05) is 63.8 Å². The highest BCUT2D eigenvalue weighted by molar-refractivity contribution is 5.00. The fourth-order valence-electron chi connectivity index (χ4n) is 2.09. The molecule has 0 unspecified atom stereocenters. The van der Waals surface area contributed by atoms with Crippen molar-refractivity contribution in [3.8, 4) is 0 Å². The molecule has 0 N–H and O–H groups in total. The molecule has 0 aromatic rings. The first-order valence-electron chi connectivity index (χ1n) is 11.0. The van der Waals surface area contributed by atoms with Crippen molar-refractivity contribution in [2.45, 2.75) is 52.4 Å². The quantitative estimate of drug-likeness (QED) is 0.132. The molecule has 0 aliphatic carbocycles. The van der Waals surface area contributed by atoms with Gasteiger partial charge in [-0.05, 0) is 25.0 Å². The van der Waals surface area contributed by atoms with E-state index >= 15 is 0 Å². The van der Waals surface area contributed by atoms with E-state index in [2.05, 4.69) is 26.0 Å². The van der Waals surface area contributed by atoms with Crippen LogP contribution in [-0.2, 0) is 23.7 Å². The maximum atomic E-state index is 5.44. The minimum atomic E-state index is 0.547. The van der Waals surface area contributed by atoms with Gasteiger partial charge < -0.3 is 23.7 Å². The van der Waals surface area contributed by atoms with E-state index in [0.29, 0.717) is 52.9 Å². The lowest BCUT2D eigenvalue weighted by atomic mass is 10.2. The van der Waals surface area contributed by atoms with E-state index in [1.54, 1.807) is 12.5 Å². The van der Waals surface area contributed by atoms with Crippen LogP contribution in [0.1, 0.15) is 52.4 Å². The highest BCUT2D eigenvalue weighted by atomic mass is 16.6. The fraction of sp³-hybridized carbons (Fsp3) is 0.667. The van der Waals surface area contributed by atoms with Crippen LogP contribution >= 0.6 is 0 Å². The molecule has 0 aliphatic rings. The first kappa shape index (κ1) is 27.4. The first-order chi connectivity index (χ1) is 14.4. The van der Waals surface area contributed by atoms with Gasteiger partial charge in [0.15, 0.2) is 0 Å². The first-order valence-corrected chi connectivity index (χ1v) is 11.0. The summed E-state index contributed by atoms with van der Waals surface area (Å²) in [6.07, 6.45) is 22.7. The van der Waals surface area contributed by atoms with Crippen molar-refractivity contribution in [3.63, 3.8) is 0 Å². The Hall–Kier alpha value is -1.56. The number of unbranched alkanes of at least 4 members (excludes halogenated alkanes) is 4. The van der Waals surface area contributed by atoms with Gasteiger partial charge in [-0.25, -0.2) is 0 Å². The van der Waals surface area contributed by atoms with Gasteiger partial charge in [-0.2, -0.15) is 0 Å². The van der Waals surface area contributed by atoms with Crippen LogP contribution in [0.4, 0.5) is 0 Å². The van der Waals surface area contributed by atoms with Gasteiger partial charge in [0.25, 0.3) is 0 Å². The Morgan fingerprint density at radius 2 is 0.862 bits per heavy atom. The third-order valence-corrected chi connectivity index (χ3v) is 3.73. The summed E-state index contributed by atoms with van der Waals surface area (Å²) >= 11 is 0. The Balaban J connectivity index is 3.17. The normalized spacial score (nSPS) is 12.2. The van der Waals surface area contributed by atoms with Gasteiger partial charge >= 0.3 is 0 Å². The predicted octanol–water partition coefficient (Wildman–Crippen LogP) is 5.59. The van der Waals surface area contributed by atoms with E-state index in [9.17, 15) is 0 Å². The minimum absolute atomic E-state index is 0.547. The molecule has 0 aliphatic heterocycles. The monoisotopic (exact) mass is 410 g/mol. The molecule has 0 saturated heterocycles.